The van der Waals surface area contributed by atoms with Gasteiger partial charge in [-0.15, -0.1) is 0 Å². The molecule has 2 unspecified atom stereocenters. The quantitative estimate of drug-likeness (QED) is 0.681. The minimum Gasteiger partial charge on any atom is -0.493 e. The molecule has 2 aliphatic heterocycles. The summed E-state index contributed by atoms with van der Waals surface area (Å²) in [6.45, 7) is 5.24. The van der Waals surface area contributed by atoms with E-state index in [2.05, 4.69) is 15.3 Å². The standard InChI is InChI=1S/C27H38N4O2/c1-20-18-26(27(32)28-22-9-3-2-4-10-22)31(29-20)23-12-14-24(15-13-23)33-19-21-8-7-17-30-16-6-5-11-25(21)30/h12-15,18,21-22,25H,2-11,16-17,19H2,1H3,(H,28,32). The van der Waals surface area contributed by atoms with Crippen LogP contribution >= 0.6 is 0 Å². The number of carbonyl (C=O) groups excluding carboxylic acids is 1. The van der Waals surface area contributed by atoms with E-state index < -0.39 is 0 Å². The van der Waals surface area contributed by atoms with Gasteiger partial charge in [-0.05, 0) is 88.9 Å². The lowest BCUT2D eigenvalue weighted by molar-refractivity contribution is 0.0366. The average Bonchev–Trinajstić information content (AvgIpc) is 3.25. The van der Waals surface area contributed by atoms with Crippen molar-refractivity contribution in [2.24, 2.45) is 5.92 Å². The first kappa shape index (κ1) is 22.5. The number of nitrogens with one attached hydrogen (secondary N) is 1. The average molecular weight is 451 g/mol. The Balaban J connectivity index is 1.23. The van der Waals surface area contributed by atoms with Gasteiger partial charge in [0.1, 0.15) is 11.4 Å². The third-order valence-corrected chi connectivity index (χ3v) is 7.78. The van der Waals surface area contributed by atoms with Gasteiger partial charge in [0.15, 0.2) is 0 Å². The topological polar surface area (TPSA) is 59.4 Å². The molecule has 6 heteroatoms. The van der Waals surface area contributed by atoms with Crippen LogP contribution in [0, 0.1) is 12.8 Å². The zero-order valence-electron chi connectivity index (χ0n) is 20.0. The van der Waals surface area contributed by atoms with Crippen molar-refractivity contribution in [3.63, 3.8) is 0 Å². The highest BCUT2D eigenvalue weighted by Gasteiger charge is 2.33. The van der Waals surface area contributed by atoms with Gasteiger partial charge >= 0.3 is 0 Å². The van der Waals surface area contributed by atoms with E-state index in [-0.39, 0.29) is 11.9 Å². The van der Waals surface area contributed by atoms with Crippen LogP contribution in [0.4, 0.5) is 0 Å². The second-order valence-corrected chi connectivity index (χ2v) is 10.2. The molecule has 2 saturated heterocycles. The summed E-state index contributed by atoms with van der Waals surface area (Å²) in [7, 11) is 0. The smallest absolute Gasteiger partial charge is 0.270 e. The van der Waals surface area contributed by atoms with Crippen molar-refractivity contribution in [1.29, 1.82) is 0 Å². The number of fused-ring (bicyclic) bond motifs is 1. The van der Waals surface area contributed by atoms with Crippen LogP contribution in [0.5, 0.6) is 5.75 Å². The summed E-state index contributed by atoms with van der Waals surface area (Å²) < 4.78 is 8.00. The second-order valence-electron chi connectivity index (χ2n) is 10.2. The molecule has 0 radical (unpaired) electrons. The highest BCUT2D eigenvalue weighted by molar-refractivity contribution is 5.93. The lowest BCUT2D eigenvalue weighted by Crippen LogP contribution is -2.49. The molecule has 3 aliphatic rings. The maximum absolute atomic E-state index is 13.0. The summed E-state index contributed by atoms with van der Waals surface area (Å²) in [5.74, 6) is 1.49. The van der Waals surface area contributed by atoms with Gasteiger partial charge in [-0.3, -0.25) is 9.69 Å². The first-order valence-corrected chi connectivity index (χ1v) is 13.0. The minimum atomic E-state index is -0.0304. The zero-order chi connectivity index (χ0) is 22.6. The Morgan fingerprint density at radius 2 is 1.76 bits per heavy atom. The minimum absolute atomic E-state index is 0.0304. The van der Waals surface area contributed by atoms with Crippen LogP contribution in [-0.4, -0.2) is 52.4 Å². The van der Waals surface area contributed by atoms with Crippen LogP contribution in [0.25, 0.3) is 5.69 Å². The summed E-state index contributed by atoms with van der Waals surface area (Å²) in [5.41, 5.74) is 2.34. The largest absolute Gasteiger partial charge is 0.493 e. The Hall–Kier alpha value is -2.34. The van der Waals surface area contributed by atoms with Crippen molar-refractivity contribution >= 4 is 5.91 Å². The molecule has 178 valence electrons. The molecule has 2 atom stereocenters. The van der Waals surface area contributed by atoms with Crippen molar-refractivity contribution in [3.05, 3.63) is 41.7 Å². The van der Waals surface area contributed by atoms with Crippen LogP contribution in [0.15, 0.2) is 30.3 Å². The van der Waals surface area contributed by atoms with Gasteiger partial charge in [-0.1, -0.05) is 25.7 Å². The molecule has 1 aromatic carbocycles. The number of rotatable bonds is 6. The number of aryl methyl sites for hydroxylation is 1. The van der Waals surface area contributed by atoms with E-state index in [1.807, 2.05) is 37.3 Å². The first-order valence-electron chi connectivity index (χ1n) is 13.0. The third kappa shape index (κ3) is 5.26. The van der Waals surface area contributed by atoms with Gasteiger partial charge in [0.25, 0.3) is 5.91 Å². The van der Waals surface area contributed by atoms with Crippen molar-refractivity contribution in [2.45, 2.75) is 83.2 Å². The van der Waals surface area contributed by atoms with Crippen LogP contribution in [-0.2, 0) is 0 Å². The fourth-order valence-corrected chi connectivity index (χ4v) is 6.02. The zero-order valence-corrected chi connectivity index (χ0v) is 20.0. The van der Waals surface area contributed by atoms with E-state index in [4.69, 9.17) is 4.74 Å². The number of ether oxygens (including phenoxy) is 1. The van der Waals surface area contributed by atoms with Gasteiger partial charge in [0, 0.05) is 18.0 Å². The molecule has 1 amide bonds. The summed E-state index contributed by atoms with van der Waals surface area (Å²) in [5, 5.41) is 7.82. The molecule has 1 aromatic heterocycles. The van der Waals surface area contributed by atoms with E-state index >= 15 is 0 Å². The molecule has 3 heterocycles. The summed E-state index contributed by atoms with van der Waals surface area (Å²) in [4.78, 5) is 15.7. The highest BCUT2D eigenvalue weighted by Crippen LogP contribution is 2.31. The summed E-state index contributed by atoms with van der Waals surface area (Å²) in [6, 6.07) is 10.9. The van der Waals surface area contributed by atoms with Crippen LogP contribution in [0.1, 0.15) is 80.4 Å². The molecular weight excluding hydrogens is 412 g/mol. The number of nitrogens with zero attached hydrogens (tertiary/aromatic N) is 3. The predicted molar refractivity (Wildman–Crippen MR) is 130 cm³/mol. The second kappa shape index (κ2) is 10.3. The van der Waals surface area contributed by atoms with Crippen molar-refractivity contribution < 1.29 is 9.53 Å². The molecule has 1 aliphatic carbocycles. The molecular formula is C27H38N4O2. The molecule has 5 rings (SSSR count). The van der Waals surface area contributed by atoms with Gasteiger partial charge < -0.3 is 10.1 Å². The van der Waals surface area contributed by atoms with Crippen molar-refractivity contribution in [2.75, 3.05) is 19.7 Å². The number of aromatic nitrogens is 2. The lowest BCUT2D eigenvalue weighted by Gasteiger charge is -2.44. The van der Waals surface area contributed by atoms with E-state index in [1.165, 1.54) is 64.5 Å². The fourth-order valence-electron chi connectivity index (χ4n) is 6.02. The van der Waals surface area contributed by atoms with Crippen LogP contribution < -0.4 is 10.1 Å². The Morgan fingerprint density at radius 1 is 1.00 bits per heavy atom. The monoisotopic (exact) mass is 450 g/mol. The SMILES string of the molecule is Cc1cc(C(=O)NC2CCCCC2)n(-c2ccc(OCC3CCCN4CCCCC34)cc2)n1. The Morgan fingerprint density at radius 3 is 2.58 bits per heavy atom. The van der Waals surface area contributed by atoms with Gasteiger partial charge in [0.2, 0.25) is 0 Å². The number of benzene rings is 1. The Kier molecular flexibility index (Phi) is 7.00. The van der Waals surface area contributed by atoms with Crippen LogP contribution in [0.3, 0.4) is 0 Å². The fraction of sp³-hybridized carbons (Fsp3) is 0.630. The molecule has 1 saturated carbocycles. The van der Waals surface area contributed by atoms with E-state index in [0.29, 0.717) is 17.7 Å². The summed E-state index contributed by atoms with van der Waals surface area (Å²) in [6.07, 6.45) is 12.4. The van der Waals surface area contributed by atoms with E-state index in [9.17, 15) is 4.79 Å². The van der Waals surface area contributed by atoms with E-state index in [1.54, 1.807) is 4.68 Å². The molecule has 0 bridgehead atoms. The number of hydrogen-bond donors (Lipinski definition) is 1. The van der Waals surface area contributed by atoms with Gasteiger partial charge in [0.05, 0.1) is 18.0 Å². The number of piperidine rings is 2. The number of amides is 1. The molecule has 6 nitrogen and oxygen atoms in total. The third-order valence-electron chi connectivity index (χ3n) is 7.78. The molecule has 1 N–H and O–H groups in total. The maximum atomic E-state index is 13.0. The normalized spacial score (nSPS) is 24.3. The number of carbonyl (C=O) groups is 1. The molecule has 3 fully saturated rings. The highest BCUT2D eigenvalue weighted by atomic mass is 16.5. The lowest BCUT2D eigenvalue weighted by atomic mass is 9.84. The molecule has 33 heavy (non-hydrogen) atoms. The first-order chi connectivity index (χ1) is 16.2. The van der Waals surface area contributed by atoms with Gasteiger partial charge in [-0.2, -0.15) is 5.10 Å². The van der Waals surface area contributed by atoms with Crippen molar-refractivity contribution in [1.82, 2.24) is 20.0 Å². The Labute approximate surface area is 197 Å². The predicted octanol–water partition coefficient (Wildman–Crippen LogP) is 4.89. The van der Waals surface area contributed by atoms with E-state index in [0.717, 1.165) is 36.6 Å². The summed E-state index contributed by atoms with van der Waals surface area (Å²) >= 11 is 0. The van der Waals surface area contributed by atoms with Crippen LogP contribution in [0.2, 0.25) is 0 Å². The Bertz CT molecular complexity index is 930. The maximum Gasteiger partial charge on any atom is 0.270 e. The molecule has 2 aromatic rings. The number of hydrogen-bond acceptors (Lipinski definition) is 4. The molecule has 0 spiro atoms. The van der Waals surface area contributed by atoms with Crippen molar-refractivity contribution in [3.8, 4) is 11.4 Å². The van der Waals surface area contributed by atoms with Gasteiger partial charge in [-0.25, -0.2) is 4.68 Å².